The normalized spacial score (nSPS) is 34.2. The molecule has 1 aliphatic rings. The van der Waals surface area contributed by atoms with Crippen LogP contribution in [0.3, 0.4) is 0 Å². The molecule has 2 nitrogen and oxygen atoms in total. The van der Waals surface area contributed by atoms with Crippen LogP contribution in [-0.2, 0) is 0 Å². The molecule has 0 bridgehead atoms. The molecule has 3 atom stereocenters. The van der Waals surface area contributed by atoms with E-state index in [-0.39, 0.29) is 6.04 Å². The molecule has 0 radical (unpaired) electrons. The summed E-state index contributed by atoms with van der Waals surface area (Å²) in [7, 11) is 0. The van der Waals surface area contributed by atoms with Crippen molar-refractivity contribution in [3.05, 3.63) is 0 Å². The van der Waals surface area contributed by atoms with Gasteiger partial charge in [0.25, 0.3) is 0 Å². The van der Waals surface area contributed by atoms with Gasteiger partial charge in [0.05, 0.1) is 6.04 Å². The van der Waals surface area contributed by atoms with Crippen LogP contribution >= 0.6 is 0 Å². The molecule has 12 heavy (non-hydrogen) atoms. The number of rotatable bonds is 1. The molecule has 1 heterocycles. The standard InChI is InChI=1S/C10H18N2/c1-5-9(3)12-7-8(2)11-6-10(12)4/h1,8-11H,6-7H2,2-4H3. The monoisotopic (exact) mass is 166 g/mol. The fourth-order valence-corrected chi connectivity index (χ4v) is 1.69. The minimum Gasteiger partial charge on any atom is -0.311 e. The van der Waals surface area contributed by atoms with Crippen molar-refractivity contribution in [1.82, 2.24) is 10.2 Å². The van der Waals surface area contributed by atoms with Crippen molar-refractivity contribution in [3.8, 4) is 12.3 Å². The zero-order valence-corrected chi connectivity index (χ0v) is 8.17. The molecule has 0 saturated carbocycles. The van der Waals surface area contributed by atoms with Crippen LogP contribution in [0, 0.1) is 12.3 Å². The largest absolute Gasteiger partial charge is 0.311 e. The highest BCUT2D eigenvalue weighted by atomic mass is 15.2. The second kappa shape index (κ2) is 3.93. The quantitative estimate of drug-likeness (QED) is 0.577. The van der Waals surface area contributed by atoms with Crippen molar-refractivity contribution in [2.45, 2.75) is 38.9 Å². The van der Waals surface area contributed by atoms with E-state index in [0.29, 0.717) is 12.1 Å². The fraction of sp³-hybridized carbons (Fsp3) is 0.800. The maximum atomic E-state index is 5.40. The summed E-state index contributed by atoms with van der Waals surface area (Å²) in [6.07, 6.45) is 5.40. The predicted molar refractivity (Wildman–Crippen MR) is 51.9 cm³/mol. The van der Waals surface area contributed by atoms with E-state index in [0.717, 1.165) is 13.1 Å². The number of hydrogen-bond donors (Lipinski definition) is 1. The molecule has 1 saturated heterocycles. The lowest BCUT2D eigenvalue weighted by molar-refractivity contribution is 0.128. The Morgan fingerprint density at radius 1 is 1.58 bits per heavy atom. The SMILES string of the molecule is C#CC(C)N1CC(C)NCC1C. The van der Waals surface area contributed by atoms with Crippen LogP contribution in [0.15, 0.2) is 0 Å². The van der Waals surface area contributed by atoms with Crippen LogP contribution in [0.1, 0.15) is 20.8 Å². The first kappa shape index (κ1) is 9.57. The Hall–Kier alpha value is -0.520. The van der Waals surface area contributed by atoms with Gasteiger partial charge in [-0.2, -0.15) is 0 Å². The second-order valence-electron chi connectivity index (χ2n) is 3.70. The minimum atomic E-state index is 0.268. The molecule has 68 valence electrons. The summed E-state index contributed by atoms with van der Waals surface area (Å²) in [5, 5.41) is 3.43. The van der Waals surface area contributed by atoms with E-state index in [1.807, 2.05) is 0 Å². The van der Waals surface area contributed by atoms with E-state index in [1.54, 1.807) is 0 Å². The third kappa shape index (κ3) is 2.00. The molecule has 0 aromatic rings. The van der Waals surface area contributed by atoms with Gasteiger partial charge in [-0.05, 0) is 20.8 Å². The molecule has 1 fully saturated rings. The Morgan fingerprint density at radius 3 is 2.83 bits per heavy atom. The molecular formula is C10H18N2. The van der Waals surface area contributed by atoms with Gasteiger partial charge >= 0.3 is 0 Å². The van der Waals surface area contributed by atoms with Crippen molar-refractivity contribution in [2.24, 2.45) is 0 Å². The zero-order valence-electron chi connectivity index (χ0n) is 8.17. The average Bonchev–Trinajstić information content (AvgIpc) is 2.08. The van der Waals surface area contributed by atoms with Gasteiger partial charge in [0.1, 0.15) is 0 Å². The summed E-state index contributed by atoms with van der Waals surface area (Å²) in [5.41, 5.74) is 0. The molecule has 2 heteroatoms. The van der Waals surface area contributed by atoms with E-state index in [1.165, 1.54) is 0 Å². The number of piperazine rings is 1. The summed E-state index contributed by atoms with van der Waals surface area (Å²) in [6.45, 7) is 8.61. The Balaban J connectivity index is 2.55. The average molecular weight is 166 g/mol. The van der Waals surface area contributed by atoms with Crippen molar-refractivity contribution >= 4 is 0 Å². The van der Waals surface area contributed by atoms with Gasteiger partial charge in [0.2, 0.25) is 0 Å². The van der Waals surface area contributed by atoms with Crippen LogP contribution in [0.25, 0.3) is 0 Å². The smallest absolute Gasteiger partial charge is 0.0686 e. The van der Waals surface area contributed by atoms with Crippen LogP contribution < -0.4 is 5.32 Å². The van der Waals surface area contributed by atoms with Crippen LogP contribution in [0.5, 0.6) is 0 Å². The first-order chi connectivity index (χ1) is 5.65. The lowest BCUT2D eigenvalue weighted by atomic mass is 10.1. The maximum absolute atomic E-state index is 5.40. The van der Waals surface area contributed by atoms with Gasteiger partial charge in [0, 0.05) is 25.2 Å². The first-order valence-electron chi connectivity index (χ1n) is 4.60. The lowest BCUT2D eigenvalue weighted by Gasteiger charge is -2.39. The van der Waals surface area contributed by atoms with E-state index < -0.39 is 0 Å². The van der Waals surface area contributed by atoms with E-state index >= 15 is 0 Å². The molecule has 0 aromatic carbocycles. The molecule has 3 unspecified atom stereocenters. The molecular weight excluding hydrogens is 148 g/mol. The Labute approximate surface area is 75.3 Å². The Morgan fingerprint density at radius 2 is 2.25 bits per heavy atom. The van der Waals surface area contributed by atoms with E-state index in [4.69, 9.17) is 6.42 Å². The number of nitrogens with one attached hydrogen (secondary N) is 1. The van der Waals surface area contributed by atoms with Gasteiger partial charge in [-0.3, -0.25) is 4.90 Å². The highest BCUT2D eigenvalue weighted by Crippen LogP contribution is 2.09. The number of terminal acetylenes is 1. The van der Waals surface area contributed by atoms with Crippen LogP contribution in [0.2, 0.25) is 0 Å². The first-order valence-corrected chi connectivity index (χ1v) is 4.60. The zero-order chi connectivity index (χ0) is 9.14. The molecule has 0 aromatic heterocycles. The Kier molecular flexibility index (Phi) is 3.13. The minimum absolute atomic E-state index is 0.268. The molecule has 0 amide bonds. The number of hydrogen-bond acceptors (Lipinski definition) is 2. The highest BCUT2D eigenvalue weighted by Gasteiger charge is 2.24. The third-order valence-electron chi connectivity index (χ3n) is 2.55. The molecule has 1 rings (SSSR count). The second-order valence-corrected chi connectivity index (χ2v) is 3.70. The van der Waals surface area contributed by atoms with Gasteiger partial charge < -0.3 is 5.32 Å². The lowest BCUT2D eigenvalue weighted by Crippen LogP contribution is -2.56. The van der Waals surface area contributed by atoms with Gasteiger partial charge in [-0.25, -0.2) is 0 Å². The summed E-state index contributed by atoms with van der Waals surface area (Å²) in [6, 6.07) is 1.40. The van der Waals surface area contributed by atoms with Gasteiger partial charge in [-0.15, -0.1) is 6.42 Å². The summed E-state index contributed by atoms with van der Waals surface area (Å²) < 4.78 is 0. The van der Waals surface area contributed by atoms with Crippen LogP contribution in [0.4, 0.5) is 0 Å². The Bertz CT molecular complexity index is 183. The summed E-state index contributed by atoms with van der Waals surface area (Å²) in [4.78, 5) is 2.38. The molecule has 1 N–H and O–H groups in total. The van der Waals surface area contributed by atoms with Crippen molar-refractivity contribution in [1.29, 1.82) is 0 Å². The maximum Gasteiger partial charge on any atom is 0.0686 e. The van der Waals surface area contributed by atoms with E-state index in [9.17, 15) is 0 Å². The van der Waals surface area contributed by atoms with Gasteiger partial charge in [0.15, 0.2) is 0 Å². The fourth-order valence-electron chi connectivity index (χ4n) is 1.69. The van der Waals surface area contributed by atoms with E-state index in [2.05, 4.69) is 36.9 Å². The summed E-state index contributed by atoms with van der Waals surface area (Å²) >= 11 is 0. The summed E-state index contributed by atoms with van der Waals surface area (Å²) in [5.74, 6) is 2.78. The molecule has 0 aliphatic carbocycles. The molecule has 1 aliphatic heterocycles. The van der Waals surface area contributed by atoms with Crippen molar-refractivity contribution in [3.63, 3.8) is 0 Å². The van der Waals surface area contributed by atoms with Gasteiger partial charge in [-0.1, -0.05) is 5.92 Å². The number of nitrogens with zero attached hydrogens (tertiary/aromatic N) is 1. The predicted octanol–water partition coefficient (Wildman–Crippen LogP) is 0.690. The van der Waals surface area contributed by atoms with Crippen LogP contribution in [-0.4, -0.2) is 36.1 Å². The highest BCUT2D eigenvalue weighted by molar-refractivity contribution is 5.00. The third-order valence-corrected chi connectivity index (χ3v) is 2.55. The molecule has 0 spiro atoms. The topological polar surface area (TPSA) is 15.3 Å². The van der Waals surface area contributed by atoms with Crippen molar-refractivity contribution < 1.29 is 0 Å². The van der Waals surface area contributed by atoms with Crippen molar-refractivity contribution in [2.75, 3.05) is 13.1 Å².